The van der Waals surface area contributed by atoms with Gasteiger partial charge in [-0.25, -0.2) is 0 Å². The summed E-state index contributed by atoms with van der Waals surface area (Å²) in [6.45, 7) is 3.32. The number of unbranched alkanes of at least 4 members (excludes halogenated alkanes) is 8. The molecule has 30 heavy (non-hydrogen) atoms. The van der Waals surface area contributed by atoms with E-state index in [2.05, 4.69) is 11.7 Å². The van der Waals surface area contributed by atoms with Gasteiger partial charge < -0.3 is 15.2 Å². The Morgan fingerprint density at radius 3 is 1.80 bits per heavy atom. The first-order valence-electron chi connectivity index (χ1n) is 9.76. The van der Waals surface area contributed by atoms with Crippen LogP contribution >= 0.6 is 0 Å². The Bertz CT molecular complexity index is 599. The summed E-state index contributed by atoms with van der Waals surface area (Å²) in [6, 6.07) is 0. The number of amides is 1. The Morgan fingerprint density at radius 2 is 1.37 bits per heavy atom. The van der Waals surface area contributed by atoms with Gasteiger partial charge in [0.1, 0.15) is 6.23 Å². The van der Waals surface area contributed by atoms with Crippen molar-refractivity contribution in [2.45, 2.75) is 96.0 Å². The summed E-state index contributed by atoms with van der Waals surface area (Å²) in [6.07, 6.45) is 7.12. The van der Waals surface area contributed by atoms with E-state index in [0.29, 0.717) is 6.42 Å². The molecule has 0 bridgehead atoms. The summed E-state index contributed by atoms with van der Waals surface area (Å²) in [5.74, 6) is -3.30. The van der Waals surface area contributed by atoms with Crippen molar-refractivity contribution in [2.75, 3.05) is 0 Å². The number of rotatable bonds is 15. The Kier molecular flexibility index (Phi) is 23.5. The van der Waals surface area contributed by atoms with Crippen molar-refractivity contribution >= 4 is 87.1 Å². The van der Waals surface area contributed by atoms with Crippen LogP contribution in [-0.2, 0) is 29.2 Å². The van der Waals surface area contributed by atoms with Crippen molar-refractivity contribution in [1.29, 1.82) is 0 Å². The van der Waals surface area contributed by atoms with Gasteiger partial charge in [0.25, 0.3) is 10.1 Å². The molecule has 0 radical (unpaired) electrons. The Hall–Kier alpha value is 0.480. The first-order valence-corrected chi connectivity index (χ1v) is 11.3. The third kappa shape index (κ3) is 19.2. The number of hydrogen-bond donors (Lipinski definition) is 3. The van der Waals surface area contributed by atoms with Crippen LogP contribution in [0.25, 0.3) is 0 Å². The monoisotopic (exact) mass is 471 g/mol. The first-order chi connectivity index (χ1) is 13.1. The summed E-state index contributed by atoms with van der Waals surface area (Å²) in [5.41, 5.74) is 0. The number of carbonyl (C=O) groups is 3. The molecule has 0 aromatic carbocycles. The zero-order chi connectivity index (χ0) is 21.6. The molecule has 0 spiro atoms. The summed E-state index contributed by atoms with van der Waals surface area (Å²) in [4.78, 5) is 35.0. The summed E-state index contributed by atoms with van der Waals surface area (Å²) >= 11 is 0. The van der Waals surface area contributed by atoms with E-state index in [4.69, 9.17) is 9.66 Å². The number of nitrogens with one attached hydrogen (secondary N) is 1. The molecule has 2 unspecified atom stereocenters. The standard InChI is InChI=1S/C18H33NO8S.2Na.2H/c1-3-4-5-6-7-8-9-10-11-12-16(21)27-17(22)13-15(28(24,25)26)18(23)19-14(2)20;;;;/h14-15,20H,3-13H2,1-2H3,(H,19,23)(H,24,25,26);;;;. The molecule has 9 nitrogen and oxygen atoms in total. The van der Waals surface area contributed by atoms with Crippen LogP contribution < -0.4 is 5.32 Å². The van der Waals surface area contributed by atoms with Crippen LogP contribution in [0.1, 0.15) is 84.5 Å². The molecule has 0 aromatic heterocycles. The second-order valence-electron chi connectivity index (χ2n) is 6.82. The SMILES string of the molecule is CCCCCCCCCCCC(=O)OC(=O)CC(C(=O)NC(C)O)S(=O)(=O)O.[NaH].[NaH]. The molecule has 0 aliphatic rings. The van der Waals surface area contributed by atoms with Gasteiger partial charge >= 0.3 is 71.1 Å². The molecular formula is C18H35NNa2O8S. The van der Waals surface area contributed by atoms with Crippen LogP contribution in [0.2, 0.25) is 0 Å². The van der Waals surface area contributed by atoms with E-state index >= 15 is 0 Å². The topological polar surface area (TPSA) is 147 Å². The molecule has 0 rings (SSSR count). The van der Waals surface area contributed by atoms with Gasteiger partial charge in [-0.3, -0.25) is 18.9 Å². The summed E-state index contributed by atoms with van der Waals surface area (Å²) < 4.78 is 36.1. The van der Waals surface area contributed by atoms with Crippen molar-refractivity contribution in [3.8, 4) is 0 Å². The molecule has 12 heteroatoms. The van der Waals surface area contributed by atoms with Crippen LogP contribution in [0.3, 0.4) is 0 Å². The second kappa shape index (κ2) is 20.1. The van der Waals surface area contributed by atoms with Crippen LogP contribution in [0, 0.1) is 0 Å². The zero-order valence-electron chi connectivity index (χ0n) is 16.7. The number of aliphatic hydroxyl groups is 1. The maximum atomic E-state index is 11.7. The van der Waals surface area contributed by atoms with Crippen molar-refractivity contribution in [3.63, 3.8) is 0 Å². The predicted octanol–water partition coefficient (Wildman–Crippen LogP) is 0.781. The summed E-state index contributed by atoms with van der Waals surface area (Å²) in [5, 5.41) is 8.76. The molecule has 0 heterocycles. The molecule has 0 aliphatic heterocycles. The van der Waals surface area contributed by atoms with E-state index in [1.54, 1.807) is 0 Å². The summed E-state index contributed by atoms with van der Waals surface area (Å²) in [7, 11) is -4.91. The van der Waals surface area contributed by atoms with E-state index in [1.165, 1.54) is 25.7 Å². The molecule has 0 aromatic rings. The van der Waals surface area contributed by atoms with Crippen molar-refractivity contribution < 1.29 is 37.2 Å². The molecule has 0 aliphatic carbocycles. The molecular weight excluding hydrogens is 436 g/mol. The van der Waals surface area contributed by atoms with Gasteiger partial charge in [0.2, 0.25) is 5.91 Å². The second-order valence-corrected chi connectivity index (χ2v) is 8.42. The molecule has 0 saturated carbocycles. The Balaban J connectivity index is -0.00000364. The predicted molar refractivity (Wildman–Crippen MR) is 117 cm³/mol. The van der Waals surface area contributed by atoms with Gasteiger partial charge in [-0.2, -0.15) is 8.42 Å². The van der Waals surface area contributed by atoms with Crippen molar-refractivity contribution in [3.05, 3.63) is 0 Å². The van der Waals surface area contributed by atoms with Gasteiger partial charge in [0, 0.05) is 6.42 Å². The van der Waals surface area contributed by atoms with Gasteiger partial charge in [-0.05, 0) is 13.3 Å². The van der Waals surface area contributed by atoms with Gasteiger partial charge in [0.15, 0.2) is 5.25 Å². The van der Waals surface area contributed by atoms with Crippen LogP contribution in [-0.4, -0.2) is 107 Å². The number of carbonyl (C=O) groups excluding carboxylic acids is 3. The minimum atomic E-state index is -4.91. The molecule has 0 fully saturated rings. The first kappa shape index (κ1) is 35.1. The Labute approximate surface area is 223 Å². The van der Waals surface area contributed by atoms with Crippen LogP contribution in [0.5, 0.6) is 0 Å². The van der Waals surface area contributed by atoms with Gasteiger partial charge in [-0.1, -0.05) is 58.3 Å². The number of hydrogen-bond acceptors (Lipinski definition) is 7. The van der Waals surface area contributed by atoms with E-state index in [0.717, 1.165) is 32.6 Å². The van der Waals surface area contributed by atoms with E-state index in [9.17, 15) is 22.8 Å². The fourth-order valence-electron chi connectivity index (χ4n) is 2.58. The van der Waals surface area contributed by atoms with E-state index < -0.39 is 45.9 Å². The van der Waals surface area contributed by atoms with Gasteiger partial charge in [0.05, 0.1) is 6.42 Å². The fourth-order valence-corrected chi connectivity index (χ4v) is 3.27. The van der Waals surface area contributed by atoms with Crippen LogP contribution in [0.4, 0.5) is 0 Å². The molecule has 1 amide bonds. The third-order valence-electron chi connectivity index (χ3n) is 4.07. The third-order valence-corrected chi connectivity index (χ3v) is 5.17. The molecule has 2 atom stereocenters. The average Bonchev–Trinajstić information content (AvgIpc) is 2.56. The number of aliphatic hydroxyl groups excluding tert-OH is 1. The number of ether oxygens (including phenoxy) is 1. The molecule has 0 saturated heterocycles. The zero-order valence-corrected chi connectivity index (χ0v) is 17.5. The molecule has 3 N–H and O–H groups in total. The van der Waals surface area contributed by atoms with E-state index in [1.807, 2.05) is 5.32 Å². The minimum absolute atomic E-state index is 0. The van der Waals surface area contributed by atoms with Crippen molar-refractivity contribution in [2.24, 2.45) is 0 Å². The fraction of sp³-hybridized carbons (Fsp3) is 0.833. The van der Waals surface area contributed by atoms with Crippen molar-refractivity contribution in [1.82, 2.24) is 5.32 Å². The maximum absolute atomic E-state index is 11.7. The van der Waals surface area contributed by atoms with Crippen LogP contribution in [0.15, 0.2) is 0 Å². The van der Waals surface area contributed by atoms with E-state index in [-0.39, 0.29) is 65.5 Å². The Morgan fingerprint density at radius 1 is 0.900 bits per heavy atom. The average molecular weight is 472 g/mol. The number of esters is 2. The normalized spacial score (nSPS) is 12.7. The van der Waals surface area contributed by atoms with Gasteiger partial charge in [-0.15, -0.1) is 0 Å². The quantitative estimate of drug-likeness (QED) is 0.0793. The molecule has 168 valence electrons.